The Morgan fingerprint density at radius 1 is 0.400 bits per heavy atom. The molecule has 0 aromatic heterocycles. The fraction of sp³-hybridized carbons (Fsp3) is 0. The molecule has 0 aromatic rings. The van der Waals surface area contributed by atoms with Gasteiger partial charge < -0.3 is 16.4 Å². The van der Waals surface area contributed by atoms with Crippen LogP contribution >= 0.6 is 0 Å². The van der Waals surface area contributed by atoms with Gasteiger partial charge in [0.1, 0.15) is 0 Å². The van der Waals surface area contributed by atoms with Gasteiger partial charge >= 0.3 is 0 Å². The second-order valence-electron chi connectivity index (χ2n) is 0. The van der Waals surface area contributed by atoms with Crippen LogP contribution in [-0.2, 0) is 0 Å². The average Bonchev–Trinajstić information content (AvgIpc) is 0. The van der Waals surface area contributed by atoms with Gasteiger partial charge in [-0.1, -0.05) is 0 Å². The Labute approximate surface area is 116 Å². The van der Waals surface area contributed by atoms with E-state index in [9.17, 15) is 0 Å². The van der Waals surface area contributed by atoms with Crippen molar-refractivity contribution in [2.24, 2.45) is 0 Å². The van der Waals surface area contributed by atoms with Crippen LogP contribution in [0.3, 0.4) is 0 Å². The standard InChI is InChI=1S/2K.3H2O/h;;3*1H2. The van der Waals surface area contributed by atoms with E-state index in [0.717, 1.165) is 0 Å². The Balaban J connectivity index is 0. The van der Waals surface area contributed by atoms with E-state index in [1.165, 1.54) is 0 Å². The van der Waals surface area contributed by atoms with Gasteiger partial charge in [0.25, 0.3) is 0 Å². The van der Waals surface area contributed by atoms with Gasteiger partial charge in [0.05, 0.1) is 0 Å². The van der Waals surface area contributed by atoms with Crippen LogP contribution in [-0.4, -0.2) is 119 Å². The average molecular weight is 132 g/mol. The quantitative estimate of drug-likeness (QED) is 0.310. The number of hydrogen-bond donors (Lipinski definition) is 0. The predicted molar refractivity (Wildman–Crippen MR) is 22.3 cm³/mol. The first kappa shape index (κ1) is 42.0. The summed E-state index contributed by atoms with van der Waals surface area (Å²) in [7, 11) is 0. The summed E-state index contributed by atoms with van der Waals surface area (Å²) in [4.78, 5) is 0. The van der Waals surface area contributed by atoms with E-state index in [1.807, 2.05) is 0 Å². The molecule has 0 heterocycles. The molecule has 0 aromatic carbocycles. The van der Waals surface area contributed by atoms with Crippen molar-refractivity contribution in [2.75, 3.05) is 0 Å². The summed E-state index contributed by atoms with van der Waals surface area (Å²) in [6, 6.07) is 0. The minimum absolute atomic E-state index is 0. The zero-order valence-corrected chi connectivity index (χ0v) is 9.75. The molecule has 0 bridgehead atoms. The summed E-state index contributed by atoms with van der Waals surface area (Å²) >= 11 is 0. The van der Waals surface area contributed by atoms with Crippen LogP contribution in [0.25, 0.3) is 0 Å². The zero-order valence-electron chi connectivity index (χ0n) is 3.50. The molecule has 26 valence electrons. The third kappa shape index (κ3) is 19.1. The molecular formula is H6K2O3. The van der Waals surface area contributed by atoms with E-state index in [1.54, 1.807) is 0 Å². The summed E-state index contributed by atoms with van der Waals surface area (Å²) < 4.78 is 0. The molecule has 0 spiro atoms. The molecule has 0 aliphatic rings. The largest absolute Gasteiger partial charge is 0.412 e. The molecule has 2 radical (unpaired) electrons. The maximum absolute atomic E-state index is 0. The first-order valence-corrected chi connectivity index (χ1v) is 0. The molecule has 0 rings (SSSR count). The Morgan fingerprint density at radius 3 is 0.400 bits per heavy atom. The van der Waals surface area contributed by atoms with Gasteiger partial charge in [0.2, 0.25) is 0 Å². The predicted octanol–water partition coefficient (Wildman–Crippen LogP) is -3.24. The van der Waals surface area contributed by atoms with Crippen molar-refractivity contribution in [3.8, 4) is 0 Å². The zero-order chi connectivity index (χ0) is 0. The summed E-state index contributed by atoms with van der Waals surface area (Å²) in [5, 5.41) is 0. The van der Waals surface area contributed by atoms with Crippen LogP contribution in [0.2, 0.25) is 0 Å². The van der Waals surface area contributed by atoms with Crippen molar-refractivity contribution < 1.29 is 16.4 Å². The van der Waals surface area contributed by atoms with Crippen LogP contribution in [0.1, 0.15) is 0 Å². The Hall–Kier alpha value is 3.15. The van der Waals surface area contributed by atoms with Crippen molar-refractivity contribution in [3.63, 3.8) is 0 Å². The first-order chi connectivity index (χ1) is 0. The van der Waals surface area contributed by atoms with Gasteiger partial charge in [-0.2, -0.15) is 0 Å². The Bertz CT molecular complexity index is 4.85. The SMILES string of the molecule is O.O.O.[K].[K]. The van der Waals surface area contributed by atoms with Gasteiger partial charge in [-0.3, -0.25) is 0 Å². The molecule has 6 N–H and O–H groups in total. The monoisotopic (exact) mass is 132 g/mol. The third-order valence-corrected chi connectivity index (χ3v) is 0. The maximum atomic E-state index is 0. The van der Waals surface area contributed by atoms with E-state index in [0.29, 0.717) is 0 Å². The molecule has 5 heteroatoms. The third-order valence-electron chi connectivity index (χ3n) is 0. The Morgan fingerprint density at radius 2 is 0.400 bits per heavy atom. The van der Waals surface area contributed by atoms with E-state index in [-0.39, 0.29) is 119 Å². The summed E-state index contributed by atoms with van der Waals surface area (Å²) in [6.07, 6.45) is 0. The molecule has 3 nitrogen and oxygen atoms in total. The van der Waals surface area contributed by atoms with Gasteiger partial charge in [-0.25, -0.2) is 0 Å². The maximum Gasteiger partial charge on any atom is 0 e. The number of hydrogen-bond acceptors (Lipinski definition) is 0. The fourth-order valence-electron chi connectivity index (χ4n) is 0. The van der Waals surface area contributed by atoms with Crippen molar-refractivity contribution in [1.29, 1.82) is 0 Å². The minimum atomic E-state index is 0. The molecule has 0 atom stereocenters. The van der Waals surface area contributed by atoms with Gasteiger partial charge in [-0.05, 0) is 0 Å². The van der Waals surface area contributed by atoms with Gasteiger partial charge in [-0.15, -0.1) is 0 Å². The van der Waals surface area contributed by atoms with E-state index in [2.05, 4.69) is 0 Å². The van der Waals surface area contributed by atoms with Crippen LogP contribution in [0, 0.1) is 0 Å². The molecule has 0 fully saturated rings. The molecule has 0 unspecified atom stereocenters. The summed E-state index contributed by atoms with van der Waals surface area (Å²) in [5.74, 6) is 0. The molecule has 5 heavy (non-hydrogen) atoms. The van der Waals surface area contributed by atoms with Gasteiger partial charge in [0, 0.05) is 103 Å². The van der Waals surface area contributed by atoms with Crippen LogP contribution in [0.4, 0.5) is 0 Å². The molecule has 0 saturated heterocycles. The van der Waals surface area contributed by atoms with E-state index < -0.39 is 0 Å². The van der Waals surface area contributed by atoms with E-state index in [4.69, 9.17) is 0 Å². The Kier molecular flexibility index (Phi) is 229. The molecule has 0 aliphatic carbocycles. The summed E-state index contributed by atoms with van der Waals surface area (Å²) in [5.41, 5.74) is 0. The van der Waals surface area contributed by atoms with Crippen LogP contribution in [0.15, 0.2) is 0 Å². The van der Waals surface area contributed by atoms with Crippen LogP contribution < -0.4 is 0 Å². The fourth-order valence-corrected chi connectivity index (χ4v) is 0. The second-order valence-corrected chi connectivity index (χ2v) is 0. The van der Waals surface area contributed by atoms with Crippen molar-refractivity contribution >= 4 is 103 Å². The summed E-state index contributed by atoms with van der Waals surface area (Å²) in [6.45, 7) is 0. The van der Waals surface area contributed by atoms with Gasteiger partial charge in [0.15, 0.2) is 0 Å². The minimum Gasteiger partial charge on any atom is -0.412 e. The topological polar surface area (TPSA) is 94.5 Å². The normalized spacial score (nSPS) is 0. The molecular weight excluding hydrogens is 126 g/mol. The molecule has 0 amide bonds. The van der Waals surface area contributed by atoms with Crippen LogP contribution in [0.5, 0.6) is 0 Å². The first-order valence-electron chi connectivity index (χ1n) is 0. The van der Waals surface area contributed by atoms with Crippen molar-refractivity contribution in [1.82, 2.24) is 0 Å². The molecule has 0 saturated carbocycles. The molecule has 0 aliphatic heterocycles. The smallest absolute Gasteiger partial charge is 0 e. The number of rotatable bonds is 0. The van der Waals surface area contributed by atoms with E-state index >= 15 is 0 Å². The second kappa shape index (κ2) is 27.2. The van der Waals surface area contributed by atoms with Crippen molar-refractivity contribution in [2.45, 2.75) is 0 Å². The van der Waals surface area contributed by atoms with Crippen molar-refractivity contribution in [3.05, 3.63) is 0 Å².